The summed E-state index contributed by atoms with van der Waals surface area (Å²) in [6.07, 6.45) is 0. The average molecular weight is 396 g/mol. The molecule has 5 nitrogen and oxygen atoms in total. The standard InChI is InChI=1S/C25H24N4O/c30-24-22-13-7-8-14-23(22)26-25(29(24)21-11-5-2-6-12-21)28-17-15-27(16-18-28)19-20-9-3-1-4-10-20/h1-14H,15-19H2. The van der Waals surface area contributed by atoms with Gasteiger partial charge in [0.15, 0.2) is 0 Å². The Morgan fingerprint density at radius 1 is 0.733 bits per heavy atom. The van der Waals surface area contributed by atoms with Crippen molar-refractivity contribution in [1.29, 1.82) is 0 Å². The van der Waals surface area contributed by atoms with Gasteiger partial charge in [0.05, 0.1) is 16.6 Å². The van der Waals surface area contributed by atoms with Crippen LogP contribution in [0.2, 0.25) is 0 Å². The fourth-order valence-corrected chi connectivity index (χ4v) is 4.09. The van der Waals surface area contributed by atoms with E-state index in [9.17, 15) is 4.79 Å². The molecule has 4 aromatic rings. The molecule has 2 heterocycles. The fourth-order valence-electron chi connectivity index (χ4n) is 4.09. The highest BCUT2D eigenvalue weighted by Gasteiger charge is 2.23. The Balaban J connectivity index is 1.48. The lowest BCUT2D eigenvalue weighted by atomic mass is 10.2. The molecule has 0 radical (unpaired) electrons. The highest BCUT2D eigenvalue weighted by atomic mass is 16.1. The summed E-state index contributed by atoms with van der Waals surface area (Å²) in [7, 11) is 0. The monoisotopic (exact) mass is 396 g/mol. The first-order valence-electron chi connectivity index (χ1n) is 10.4. The first-order chi connectivity index (χ1) is 14.8. The van der Waals surface area contributed by atoms with Gasteiger partial charge in [-0.1, -0.05) is 60.7 Å². The first kappa shape index (κ1) is 18.6. The maximum absolute atomic E-state index is 13.4. The number of anilines is 1. The predicted octanol–water partition coefficient (Wildman–Crippen LogP) is 3.71. The van der Waals surface area contributed by atoms with Crippen molar-refractivity contribution in [2.75, 3.05) is 31.1 Å². The molecule has 0 aliphatic carbocycles. The Kier molecular flexibility index (Phi) is 5.03. The number of benzene rings is 3. The molecule has 0 atom stereocenters. The number of para-hydroxylation sites is 2. The maximum Gasteiger partial charge on any atom is 0.267 e. The molecule has 0 unspecified atom stereocenters. The third kappa shape index (κ3) is 3.60. The Labute approximate surface area is 175 Å². The smallest absolute Gasteiger partial charge is 0.267 e. The second-order valence-electron chi connectivity index (χ2n) is 7.65. The average Bonchev–Trinajstić information content (AvgIpc) is 2.81. The SMILES string of the molecule is O=c1c2ccccc2nc(N2CCN(Cc3ccccc3)CC2)n1-c1ccccc1. The number of fused-ring (bicyclic) bond motifs is 1. The first-order valence-corrected chi connectivity index (χ1v) is 10.4. The number of piperazine rings is 1. The summed E-state index contributed by atoms with van der Waals surface area (Å²) in [5.74, 6) is 0.726. The highest BCUT2D eigenvalue weighted by molar-refractivity contribution is 5.79. The minimum absolute atomic E-state index is 0.0199. The summed E-state index contributed by atoms with van der Waals surface area (Å²) in [5, 5.41) is 0.646. The molecule has 30 heavy (non-hydrogen) atoms. The molecular weight excluding hydrogens is 372 g/mol. The second-order valence-corrected chi connectivity index (χ2v) is 7.65. The van der Waals surface area contributed by atoms with E-state index in [1.54, 1.807) is 4.57 Å². The number of hydrogen-bond acceptors (Lipinski definition) is 4. The molecule has 1 fully saturated rings. The lowest BCUT2D eigenvalue weighted by Crippen LogP contribution is -2.47. The molecule has 0 saturated carbocycles. The Hall–Kier alpha value is -3.44. The van der Waals surface area contributed by atoms with Crippen molar-refractivity contribution in [3.8, 4) is 5.69 Å². The molecule has 1 aliphatic rings. The van der Waals surface area contributed by atoms with Crippen LogP contribution in [-0.4, -0.2) is 40.6 Å². The van der Waals surface area contributed by atoms with Crippen molar-refractivity contribution in [3.05, 3.63) is 101 Å². The third-order valence-corrected chi connectivity index (χ3v) is 5.68. The molecule has 1 aliphatic heterocycles. The molecule has 5 heteroatoms. The molecule has 3 aromatic carbocycles. The van der Waals surface area contributed by atoms with Crippen LogP contribution in [0.25, 0.3) is 16.6 Å². The summed E-state index contributed by atoms with van der Waals surface area (Å²) < 4.78 is 1.76. The summed E-state index contributed by atoms with van der Waals surface area (Å²) in [5.41, 5.74) is 2.91. The Bertz CT molecular complexity index is 1200. The van der Waals surface area contributed by atoms with Crippen LogP contribution in [0.3, 0.4) is 0 Å². The van der Waals surface area contributed by atoms with E-state index in [0.717, 1.165) is 49.9 Å². The van der Waals surface area contributed by atoms with Crippen molar-refractivity contribution in [2.45, 2.75) is 6.54 Å². The van der Waals surface area contributed by atoms with Gasteiger partial charge in [-0.25, -0.2) is 9.55 Å². The molecule has 1 aromatic heterocycles. The van der Waals surface area contributed by atoms with Crippen LogP contribution in [0, 0.1) is 0 Å². The summed E-state index contributed by atoms with van der Waals surface area (Å²) in [4.78, 5) is 23.0. The van der Waals surface area contributed by atoms with E-state index in [-0.39, 0.29) is 5.56 Å². The number of nitrogens with zero attached hydrogens (tertiary/aromatic N) is 4. The molecule has 0 spiro atoms. The van der Waals surface area contributed by atoms with E-state index in [2.05, 4.69) is 40.1 Å². The summed E-state index contributed by atoms with van der Waals surface area (Å²) in [6, 6.07) is 28.0. The molecule has 1 saturated heterocycles. The second kappa shape index (κ2) is 8.13. The predicted molar refractivity (Wildman–Crippen MR) is 121 cm³/mol. The van der Waals surface area contributed by atoms with Crippen LogP contribution in [0.1, 0.15) is 5.56 Å². The van der Waals surface area contributed by atoms with E-state index in [4.69, 9.17) is 4.98 Å². The van der Waals surface area contributed by atoms with Gasteiger partial charge in [-0.15, -0.1) is 0 Å². The van der Waals surface area contributed by atoms with Crippen molar-refractivity contribution in [1.82, 2.24) is 14.5 Å². The van der Waals surface area contributed by atoms with Gasteiger partial charge in [0.2, 0.25) is 5.95 Å². The topological polar surface area (TPSA) is 41.4 Å². The van der Waals surface area contributed by atoms with Gasteiger partial charge in [0.1, 0.15) is 0 Å². The quantitative estimate of drug-likeness (QED) is 0.527. The number of aromatic nitrogens is 2. The fraction of sp³-hybridized carbons (Fsp3) is 0.200. The zero-order valence-electron chi connectivity index (χ0n) is 16.8. The van der Waals surface area contributed by atoms with E-state index < -0.39 is 0 Å². The molecule has 5 rings (SSSR count). The van der Waals surface area contributed by atoms with Crippen molar-refractivity contribution >= 4 is 16.9 Å². The van der Waals surface area contributed by atoms with E-state index >= 15 is 0 Å². The van der Waals surface area contributed by atoms with Gasteiger partial charge in [-0.3, -0.25) is 9.69 Å². The maximum atomic E-state index is 13.4. The van der Waals surface area contributed by atoms with E-state index in [1.165, 1.54) is 5.56 Å². The Morgan fingerprint density at radius 3 is 2.10 bits per heavy atom. The summed E-state index contributed by atoms with van der Waals surface area (Å²) in [6.45, 7) is 4.50. The van der Waals surface area contributed by atoms with E-state index in [1.807, 2.05) is 54.6 Å². The largest absolute Gasteiger partial charge is 0.339 e. The third-order valence-electron chi connectivity index (χ3n) is 5.68. The zero-order chi connectivity index (χ0) is 20.3. The molecule has 150 valence electrons. The van der Waals surface area contributed by atoms with Crippen LogP contribution < -0.4 is 10.5 Å². The van der Waals surface area contributed by atoms with E-state index in [0.29, 0.717) is 5.39 Å². The van der Waals surface area contributed by atoms with Crippen LogP contribution in [0.15, 0.2) is 89.7 Å². The lowest BCUT2D eigenvalue weighted by Gasteiger charge is -2.36. The Morgan fingerprint density at radius 2 is 1.37 bits per heavy atom. The van der Waals surface area contributed by atoms with Crippen LogP contribution >= 0.6 is 0 Å². The lowest BCUT2D eigenvalue weighted by molar-refractivity contribution is 0.248. The number of hydrogen-bond donors (Lipinski definition) is 0. The minimum atomic E-state index is -0.0199. The van der Waals surface area contributed by atoms with Gasteiger partial charge in [0, 0.05) is 32.7 Å². The van der Waals surface area contributed by atoms with Crippen molar-refractivity contribution in [2.24, 2.45) is 0 Å². The van der Waals surface area contributed by atoms with Gasteiger partial charge < -0.3 is 4.90 Å². The van der Waals surface area contributed by atoms with Crippen molar-refractivity contribution in [3.63, 3.8) is 0 Å². The molecule has 0 amide bonds. The zero-order valence-corrected chi connectivity index (χ0v) is 16.8. The highest BCUT2D eigenvalue weighted by Crippen LogP contribution is 2.21. The normalized spacial score (nSPS) is 14.9. The van der Waals surface area contributed by atoms with Gasteiger partial charge >= 0.3 is 0 Å². The number of rotatable bonds is 4. The van der Waals surface area contributed by atoms with Crippen LogP contribution in [0.5, 0.6) is 0 Å². The van der Waals surface area contributed by atoms with Crippen LogP contribution in [-0.2, 0) is 6.54 Å². The summed E-state index contributed by atoms with van der Waals surface area (Å²) >= 11 is 0. The van der Waals surface area contributed by atoms with Crippen LogP contribution in [0.4, 0.5) is 5.95 Å². The van der Waals surface area contributed by atoms with Gasteiger partial charge in [-0.2, -0.15) is 0 Å². The van der Waals surface area contributed by atoms with Gasteiger partial charge in [0.25, 0.3) is 5.56 Å². The molecule has 0 bridgehead atoms. The molecule has 0 N–H and O–H groups in total. The minimum Gasteiger partial charge on any atom is -0.339 e. The van der Waals surface area contributed by atoms with Crippen molar-refractivity contribution < 1.29 is 0 Å². The van der Waals surface area contributed by atoms with Gasteiger partial charge in [-0.05, 0) is 29.8 Å². The molecular formula is C25H24N4O.